The van der Waals surface area contributed by atoms with Crippen LogP contribution in [0.15, 0.2) is 48.5 Å². The zero-order valence-corrected chi connectivity index (χ0v) is 16.7. The number of para-hydroxylation sites is 1. The van der Waals surface area contributed by atoms with Gasteiger partial charge in [-0.15, -0.1) is 0 Å². The zero-order chi connectivity index (χ0) is 20.2. The Bertz CT molecular complexity index is 755. The molecular formula is C23H29NO4. The van der Waals surface area contributed by atoms with E-state index in [1.165, 1.54) is 32.8 Å². The van der Waals surface area contributed by atoms with E-state index in [1.54, 1.807) is 30.3 Å². The molecule has 28 heavy (non-hydrogen) atoms. The molecule has 0 spiro atoms. The normalized spacial score (nSPS) is 10.4. The van der Waals surface area contributed by atoms with Crippen molar-refractivity contribution in [2.45, 2.75) is 45.4 Å². The summed E-state index contributed by atoms with van der Waals surface area (Å²) in [5, 5.41) is 2.84. The molecule has 0 saturated carbocycles. The monoisotopic (exact) mass is 383 g/mol. The van der Waals surface area contributed by atoms with Crippen LogP contribution in [0.1, 0.15) is 66.2 Å². The number of ether oxygens (including phenoxy) is 2. The summed E-state index contributed by atoms with van der Waals surface area (Å²) >= 11 is 0. The summed E-state index contributed by atoms with van der Waals surface area (Å²) in [6, 6.07) is 13.8. The van der Waals surface area contributed by atoms with Crippen LogP contribution in [0.25, 0.3) is 0 Å². The predicted octanol–water partition coefficient (Wildman–Crippen LogP) is 5.46. The lowest BCUT2D eigenvalue weighted by molar-refractivity contribution is 0.0600. The third kappa shape index (κ3) is 6.72. The highest BCUT2D eigenvalue weighted by Crippen LogP contribution is 2.21. The summed E-state index contributed by atoms with van der Waals surface area (Å²) < 4.78 is 10.5. The summed E-state index contributed by atoms with van der Waals surface area (Å²) in [6.07, 6.45) is 7.13. The van der Waals surface area contributed by atoms with Crippen LogP contribution in [0.4, 0.5) is 5.69 Å². The van der Waals surface area contributed by atoms with Crippen LogP contribution in [-0.4, -0.2) is 25.6 Å². The average Bonchev–Trinajstić information content (AvgIpc) is 2.73. The Balaban J connectivity index is 1.90. The number of nitrogens with one attached hydrogen (secondary N) is 1. The first-order valence-electron chi connectivity index (χ1n) is 9.87. The van der Waals surface area contributed by atoms with Gasteiger partial charge in [0.05, 0.1) is 24.8 Å². The van der Waals surface area contributed by atoms with E-state index in [0.29, 0.717) is 29.2 Å². The summed E-state index contributed by atoms with van der Waals surface area (Å²) in [7, 11) is 1.33. The molecule has 0 radical (unpaired) electrons. The molecule has 150 valence electrons. The van der Waals surface area contributed by atoms with Crippen molar-refractivity contribution in [1.29, 1.82) is 0 Å². The first kappa shape index (κ1) is 21.5. The molecule has 0 aromatic heterocycles. The van der Waals surface area contributed by atoms with E-state index < -0.39 is 5.97 Å². The smallest absolute Gasteiger partial charge is 0.337 e. The second-order valence-corrected chi connectivity index (χ2v) is 6.64. The van der Waals surface area contributed by atoms with E-state index in [-0.39, 0.29) is 5.91 Å². The van der Waals surface area contributed by atoms with Crippen molar-refractivity contribution in [3.63, 3.8) is 0 Å². The van der Waals surface area contributed by atoms with Crippen LogP contribution in [0.2, 0.25) is 0 Å². The Kier molecular flexibility index (Phi) is 9.05. The molecule has 0 heterocycles. The van der Waals surface area contributed by atoms with Gasteiger partial charge in [0, 0.05) is 5.69 Å². The van der Waals surface area contributed by atoms with Crippen LogP contribution >= 0.6 is 0 Å². The second-order valence-electron chi connectivity index (χ2n) is 6.64. The molecule has 1 amide bonds. The van der Waals surface area contributed by atoms with E-state index in [1.807, 2.05) is 18.2 Å². The highest BCUT2D eigenvalue weighted by Gasteiger charge is 2.13. The van der Waals surface area contributed by atoms with E-state index in [2.05, 4.69) is 17.0 Å². The molecule has 5 nitrogen and oxygen atoms in total. The van der Waals surface area contributed by atoms with Crippen LogP contribution in [0.5, 0.6) is 5.75 Å². The number of carbonyl (C=O) groups excluding carboxylic acids is 2. The Morgan fingerprint density at radius 2 is 1.57 bits per heavy atom. The van der Waals surface area contributed by atoms with Gasteiger partial charge in [0.15, 0.2) is 0 Å². The van der Waals surface area contributed by atoms with E-state index in [0.717, 1.165) is 12.8 Å². The van der Waals surface area contributed by atoms with Crippen LogP contribution in [0, 0.1) is 0 Å². The number of anilines is 1. The fourth-order valence-corrected chi connectivity index (χ4v) is 2.85. The molecule has 1 N–H and O–H groups in total. The molecule has 0 fully saturated rings. The molecule has 0 aliphatic heterocycles. The van der Waals surface area contributed by atoms with Gasteiger partial charge in [-0.25, -0.2) is 4.79 Å². The van der Waals surface area contributed by atoms with E-state index in [4.69, 9.17) is 4.74 Å². The molecule has 0 bridgehead atoms. The standard InChI is InChI=1S/C23H29NO4/c1-3-4-5-6-7-10-17-28-21-12-9-8-11-20(21)22(25)24-19-15-13-18(14-16-19)23(26)27-2/h8-9,11-16H,3-7,10,17H2,1-2H3,(H,24,25). The number of rotatable bonds is 11. The van der Waals surface area contributed by atoms with Crippen LogP contribution in [0.3, 0.4) is 0 Å². The highest BCUT2D eigenvalue weighted by molar-refractivity contribution is 6.06. The summed E-state index contributed by atoms with van der Waals surface area (Å²) in [5.74, 6) is -0.0737. The van der Waals surface area contributed by atoms with Crippen molar-refractivity contribution in [2.24, 2.45) is 0 Å². The second kappa shape index (κ2) is 11.8. The number of hydrogen-bond acceptors (Lipinski definition) is 4. The fourth-order valence-electron chi connectivity index (χ4n) is 2.85. The maximum absolute atomic E-state index is 12.6. The van der Waals surface area contributed by atoms with Crippen molar-refractivity contribution in [2.75, 3.05) is 19.0 Å². The Hall–Kier alpha value is -2.82. The van der Waals surface area contributed by atoms with Gasteiger partial charge >= 0.3 is 5.97 Å². The number of hydrogen-bond donors (Lipinski definition) is 1. The Morgan fingerprint density at radius 3 is 2.29 bits per heavy atom. The number of carbonyl (C=O) groups is 2. The van der Waals surface area contributed by atoms with Gasteiger partial charge in [0.2, 0.25) is 0 Å². The summed E-state index contributed by atoms with van der Waals surface area (Å²) in [5.41, 5.74) is 1.53. The lowest BCUT2D eigenvalue weighted by Crippen LogP contribution is -2.14. The largest absolute Gasteiger partial charge is 0.493 e. The SMILES string of the molecule is CCCCCCCCOc1ccccc1C(=O)Nc1ccc(C(=O)OC)cc1. The lowest BCUT2D eigenvalue weighted by Gasteiger charge is -2.12. The fraction of sp³-hybridized carbons (Fsp3) is 0.391. The summed E-state index contributed by atoms with van der Waals surface area (Å²) in [6.45, 7) is 2.81. The molecule has 5 heteroatoms. The first-order valence-corrected chi connectivity index (χ1v) is 9.87. The van der Waals surface area contributed by atoms with E-state index in [9.17, 15) is 9.59 Å². The maximum atomic E-state index is 12.6. The van der Waals surface area contributed by atoms with Gasteiger partial charge in [-0.3, -0.25) is 4.79 Å². The molecular weight excluding hydrogens is 354 g/mol. The maximum Gasteiger partial charge on any atom is 0.337 e. The van der Waals surface area contributed by atoms with Gasteiger partial charge in [0.1, 0.15) is 5.75 Å². The minimum Gasteiger partial charge on any atom is -0.493 e. The minimum absolute atomic E-state index is 0.246. The molecule has 0 atom stereocenters. The highest BCUT2D eigenvalue weighted by atomic mass is 16.5. The molecule has 0 aliphatic carbocycles. The molecule has 2 aromatic rings. The number of unbranched alkanes of at least 4 members (excludes halogenated alkanes) is 5. The van der Waals surface area contributed by atoms with Crippen molar-refractivity contribution in [1.82, 2.24) is 0 Å². The summed E-state index contributed by atoms with van der Waals surface area (Å²) in [4.78, 5) is 24.1. The topological polar surface area (TPSA) is 64.6 Å². The van der Waals surface area contributed by atoms with Crippen molar-refractivity contribution in [3.8, 4) is 5.75 Å². The number of benzene rings is 2. The van der Waals surface area contributed by atoms with Crippen molar-refractivity contribution >= 4 is 17.6 Å². The molecule has 0 unspecified atom stereocenters. The van der Waals surface area contributed by atoms with Crippen LogP contribution < -0.4 is 10.1 Å². The van der Waals surface area contributed by atoms with Crippen LogP contribution in [-0.2, 0) is 4.74 Å². The quantitative estimate of drug-likeness (QED) is 0.413. The third-order valence-electron chi connectivity index (χ3n) is 4.45. The van der Waals surface area contributed by atoms with Gasteiger partial charge in [0.25, 0.3) is 5.91 Å². The van der Waals surface area contributed by atoms with Gasteiger partial charge in [-0.05, 0) is 42.8 Å². The number of methoxy groups -OCH3 is 1. The zero-order valence-electron chi connectivity index (χ0n) is 16.7. The number of esters is 1. The van der Waals surface area contributed by atoms with Gasteiger partial charge in [-0.2, -0.15) is 0 Å². The van der Waals surface area contributed by atoms with Crippen molar-refractivity contribution in [3.05, 3.63) is 59.7 Å². The first-order chi connectivity index (χ1) is 13.7. The van der Waals surface area contributed by atoms with Crippen molar-refractivity contribution < 1.29 is 19.1 Å². The lowest BCUT2D eigenvalue weighted by atomic mass is 10.1. The Morgan fingerprint density at radius 1 is 0.893 bits per heavy atom. The predicted molar refractivity (Wildman–Crippen MR) is 111 cm³/mol. The number of amides is 1. The molecule has 0 saturated heterocycles. The Labute approximate surface area is 167 Å². The third-order valence-corrected chi connectivity index (χ3v) is 4.45. The van der Waals surface area contributed by atoms with Gasteiger partial charge in [-0.1, -0.05) is 51.2 Å². The molecule has 2 rings (SSSR count). The average molecular weight is 383 g/mol. The van der Waals surface area contributed by atoms with E-state index >= 15 is 0 Å². The molecule has 0 aliphatic rings. The molecule has 2 aromatic carbocycles. The minimum atomic E-state index is -0.411. The van der Waals surface area contributed by atoms with Gasteiger partial charge < -0.3 is 14.8 Å².